The summed E-state index contributed by atoms with van der Waals surface area (Å²) in [5, 5.41) is 5.16. The number of ether oxygens (including phenoxy) is 2. The van der Waals surface area contributed by atoms with E-state index in [2.05, 4.69) is 10.6 Å². The number of amides is 2. The maximum absolute atomic E-state index is 12.1. The minimum absolute atomic E-state index is 0.0202. The number of nitrogens with one attached hydrogen (secondary N) is 2. The number of para-hydroxylation sites is 3. The minimum Gasteiger partial charge on any atom is -0.455 e. The summed E-state index contributed by atoms with van der Waals surface area (Å²) in [5.74, 6) is 0.837. The van der Waals surface area contributed by atoms with Crippen molar-refractivity contribution < 1.29 is 19.1 Å². The zero-order valence-electron chi connectivity index (χ0n) is 11.6. The summed E-state index contributed by atoms with van der Waals surface area (Å²) in [4.78, 5) is 23.1. The van der Waals surface area contributed by atoms with Gasteiger partial charge in [-0.25, -0.2) is 4.79 Å². The van der Waals surface area contributed by atoms with Gasteiger partial charge in [0.2, 0.25) is 0 Å². The highest BCUT2D eigenvalue weighted by molar-refractivity contribution is 5.98. The molecule has 1 aliphatic heterocycles. The normalized spacial score (nSPS) is 16.5. The van der Waals surface area contributed by atoms with Gasteiger partial charge in [-0.1, -0.05) is 30.3 Å². The van der Waals surface area contributed by atoms with Crippen LogP contribution in [0.3, 0.4) is 0 Å². The summed E-state index contributed by atoms with van der Waals surface area (Å²) < 4.78 is 10.5. The molecule has 6 nitrogen and oxygen atoms in total. The second-order valence-corrected chi connectivity index (χ2v) is 4.70. The molecule has 0 radical (unpaired) electrons. The van der Waals surface area contributed by atoms with E-state index < -0.39 is 12.1 Å². The molecule has 0 bridgehead atoms. The lowest BCUT2D eigenvalue weighted by Gasteiger charge is -2.13. The second kappa shape index (κ2) is 6.17. The molecule has 0 aromatic heterocycles. The van der Waals surface area contributed by atoms with Crippen LogP contribution in [-0.4, -0.2) is 24.6 Å². The summed E-state index contributed by atoms with van der Waals surface area (Å²) >= 11 is 0. The van der Waals surface area contributed by atoms with E-state index in [1.54, 1.807) is 18.2 Å². The predicted octanol–water partition coefficient (Wildman–Crippen LogP) is 2.53. The van der Waals surface area contributed by atoms with E-state index in [0.717, 1.165) is 0 Å². The van der Waals surface area contributed by atoms with Gasteiger partial charge in [0.05, 0.1) is 5.69 Å². The number of rotatable bonds is 4. The zero-order chi connectivity index (χ0) is 15.4. The Labute approximate surface area is 127 Å². The monoisotopic (exact) mass is 298 g/mol. The van der Waals surface area contributed by atoms with Gasteiger partial charge < -0.3 is 20.1 Å². The Kier molecular flexibility index (Phi) is 3.91. The van der Waals surface area contributed by atoms with E-state index >= 15 is 0 Å². The predicted molar refractivity (Wildman–Crippen MR) is 79.9 cm³/mol. The number of alkyl carbamates (subject to hydrolysis) is 1. The number of benzene rings is 2. The molecule has 2 N–H and O–H groups in total. The van der Waals surface area contributed by atoms with E-state index in [-0.39, 0.29) is 12.5 Å². The van der Waals surface area contributed by atoms with Gasteiger partial charge in [-0.05, 0) is 24.3 Å². The summed E-state index contributed by atoms with van der Waals surface area (Å²) in [6.45, 7) is 0.0202. The van der Waals surface area contributed by atoms with Crippen LogP contribution >= 0.6 is 0 Å². The number of hydrogen-bond donors (Lipinski definition) is 2. The molecular formula is C16H14N2O4. The van der Waals surface area contributed by atoms with Crippen LogP contribution in [-0.2, 0) is 9.53 Å². The van der Waals surface area contributed by atoms with Gasteiger partial charge in [-0.3, -0.25) is 4.79 Å². The first kappa shape index (κ1) is 13.9. The molecule has 22 heavy (non-hydrogen) atoms. The van der Waals surface area contributed by atoms with Crippen molar-refractivity contribution in [2.45, 2.75) is 6.04 Å². The lowest BCUT2D eigenvalue weighted by atomic mass is 10.2. The molecule has 2 amide bonds. The molecule has 0 aliphatic carbocycles. The minimum atomic E-state index is -0.697. The SMILES string of the molecule is O=C1NC(C(=O)Nc2ccccc2Oc2ccccc2)CO1. The molecule has 6 heteroatoms. The number of cyclic esters (lactones) is 1. The molecule has 0 saturated carbocycles. The highest BCUT2D eigenvalue weighted by Gasteiger charge is 2.29. The van der Waals surface area contributed by atoms with Crippen molar-refractivity contribution in [2.24, 2.45) is 0 Å². The summed E-state index contributed by atoms with van der Waals surface area (Å²) in [6, 6.07) is 15.7. The second-order valence-electron chi connectivity index (χ2n) is 4.70. The van der Waals surface area contributed by atoms with Gasteiger partial charge in [0.1, 0.15) is 18.4 Å². The van der Waals surface area contributed by atoms with Crippen LogP contribution in [0.2, 0.25) is 0 Å². The molecule has 2 aromatic carbocycles. The first-order chi connectivity index (χ1) is 10.7. The van der Waals surface area contributed by atoms with E-state index in [1.807, 2.05) is 36.4 Å². The van der Waals surface area contributed by atoms with Crippen molar-refractivity contribution in [2.75, 3.05) is 11.9 Å². The Morgan fingerprint density at radius 3 is 2.59 bits per heavy atom. The standard InChI is InChI=1S/C16H14N2O4/c19-15(13-10-21-16(20)18-13)17-12-8-4-5-9-14(12)22-11-6-2-1-3-7-11/h1-9,13H,10H2,(H,17,19)(H,18,20). The third-order valence-electron chi connectivity index (χ3n) is 3.11. The van der Waals surface area contributed by atoms with Crippen molar-refractivity contribution in [3.05, 3.63) is 54.6 Å². The third-order valence-corrected chi connectivity index (χ3v) is 3.11. The van der Waals surface area contributed by atoms with Crippen LogP contribution in [0.5, 0.6) is 11.5 Å². The average molecular weight is 298 g/mol. The molecule has 1 fully saturated rings. The molecule has 3 rings (SSSR count). The maximum atomic E-state index is 12.1. The maximum Gasteiger partial charge on any atom is 0.407 e. The van der Waals surface area contributed by atoms with E-state index in [0.29, 0.717) is 17.2 Å². The van der Waals surface area contributed by atoms with Crippen LogP contribution in [0.15, 0.2) is 54.6 Å². The third kappa shape index (κ3) is 3.17. The fourth-order valence-electron chi connectivity index (χ4n) is 2.02. The Bertz CT molecular complexity index is 688. The fourth-order valence-corrected chi connectivity index (χ4v) is 2.02. The average Bonchev–Trinajstić information content (AvgIpc) is 2.97. The van der Waals surface area contributed by atoms with Crippen LogP contribution in [0.4, 0.5) is 10.5 Å². The lowest BCUT2D eigenvalue weighted by Crippen LogP contribution is -2.38. The largest absolute Gasteiger partial charge is 0.455 e. The number of hydrogen-bond acceptors (Lipinski definition) is 4. The van der Waals surface area contributed by atoms with Crippen molar-refractivity contribution in [3.8, 4) is 11.5 Å². The molecule has 2 aromatic rings. The Balaban J connectivity index is 1.74. The Morgan fingerprint density at radius 1 is 1.14 bits per heavy atom. The molecule has 1 atom stereocenters. The van der Waals surface area contributed by atoms with E-state index in [9.17, 15) is 9.59 Å². The van der Waals surface area contributed by atoms with E-state index in [4.69, 9.17) is 9.47 Å². The van der Waals surface area contributed by atoms with Gasteiger partial charge >= 0.3 is 6.09 Å². The molecule has 1 heterocycles. The van der Waals surface area contributed by atoms with Gasteiger partial charge in [0.25, 0.3) is 5.91 Å². The number of carbonyl (C=O) groups is 2. The van der Waals surface area contributed by atoms with Crippen molar-refractivity contribution in [1.29, 1.82) is 0 Å². The topological polar surface area (TPSA) is 76.7 Å². The summed E-state index contributed by atoms with van der Waals surface area (Å²) in [6.07, 6.45) is -0.589. The molecule has 112 valence electrons. The fraction of sp³-hybridized carbons (Fsp3) is 0.125. The summed E-state index contributed by atoms with van der Waals surface area (Å²) in [7, 11) is 0. The number of anilines is 1. The van der Waals surface area contributed by atoms with Crippen LogP contribution < -0.4 is 15.4 Å². The Hall–Kier alpha value is -3.02. The van der Waals surface area contributed by atoms with Gasteiger partial charge in [-0.15, -0.1) is 0 Å². The van der Waals surface area contributed by atoms with Crippen LogP contribution in [0.25, 0.3) is 0 Å². The summed E-state index contributed by atoms with van der Waals surface area (Å²) in [5.41, 5.74) is 0.525. The molecule has 1 aliphatic rings. The molecule has 1 saturated heterocycles. The zero-order valence-corrected chi connectivity index (χ0v) is 11.6. The van der Waals surface area contributed by atoms with Crippen LogP contribution in [0.1, 0.15) is 0 Å². The van der Waals surface area contributed by atoms with E-state index in [1.165, 1.54) is 0 Å². The van der Waals surface area contributed by atoms with Gasteiger partial charge in [-0.2, -0.15) is 0 Å². The highest BCUT2D eigenvalue weighted by atomic mass is 16.6. The highest BCUT2D eigenvalue weighted by Crippen LogP contribution is 2.29. The van der Waals surface area contributed by atoms with Crippen LogP contribution in [0, 0.1) is 0 Å². The first-order valence-electron chi connectivity index (χ1n) is 6.78. The smallest absolute Gasteiger partial charge is 0.407 e. The molecular weight excluding hydrogens is 284 g/mol. The van der Waals surface area contributed by atoms with Crippen molar-refractivity contribution >= 4 is 17.7 Å². The lowest BCUT2D eigenvalue weighted by molar-refractivity contribution is -0.117. The number of carbonyl (C=O) groups excluding carboxylic acids is 2. The van der Waals surface area contributed by atoms with Gasteiger partial charge in [0.15, 0.2) is 5.75 Å². The van der Waals surface area contributed by atoms with Crippen molar-refractivity contribution in [1.82, 2.24) is 5.32 Å². The first-order valence-corrected chi connectivity index (χ1v) is 6.78. The molecule has 0 spiro atoms. The quantitative estimate of drug-likeness (QED) is 0.909. The molecule has 1 unspecified atom stereocenters. The van der Waals surface area contributed by atoms with Gasteiger partial charge in [0, 0.05) is 0 Å². The van der Waals surface area contributed by atoms with Crippen molar-refractivity contribution in [3.63, 3.8) is 0 Å². The Morgan fingerprint density at radius 2 is 1.86 bits per heavy atom.